The third-order valence-corrected chi connectivity index (χ3v) is 18.1. The molecule has 0 bridgehead atoms. The van der Waals surface area contributed by atoms with E-state index < -0.39 is 28.7 Å². The molecule has 1 aliphatic carbocycles. The van der Waals surface area contributed by atoms with E-state index in [-0.39, 0.29) is 41.4 Å². The third kappa shape index (κ3) is 13.8. The summed E-state index contributed by atoms with van der Waals surface area (Å²) in [7, 11) is 1.19. The molecule has 3 fully saturated rings. The van der Waals surface area contributed by atoms with Crippen LogP contribution in [0.1, 0.15) is 61.6 Å². The fourth-order valence-corrected chi connectivity index (χ4v) is 13.5. The zero-order chi connectivity index (χ0) is 60.0. The number of hydrogen-bond acceptors (Lipinski definition) is 16. The van der Waals surface area contributed by atoms with Crippen LogP contribution in [-0.2, 0) is 30.8 Å². The molecule has 0 spiro atoms. The number of sulfonamides is 1. The first-order chi connectivity index (χ1) is 41.6. The Labute approximate surface area is 499 Å². The highest BCUT2D eigenvalue weighted by molar-refractivity contribution is 7.93. The van der Waals surface area contributed by atoms with Gasteiger partial charge in [0.2, 0.25) is 11.9 Å². The minimum atomic E-state index is -4.28. The van der Waals surface area contributed by atoms with E-state index in [0.29, 0.717) is 85.2 Å². The van der Waals surface area contributed by atoms with Gasteiger partial charge in [0, 0.05) is 142 Å². The smallest absolute Gasteiger partial charge is 0.390 e. The molecule has 18 nitrogen and oxygen atoms in total. The van der Waals surface area contributed by atoms with E-state index in [4.69, 9.17) is 24.4 Å². The molecule has 5 aromatic carbocycles. The Bertz CT molecular complexity index is 3750. The maximum Gasteiger partial charge on any atom is 0.390 e. The van der Waals surface area contributed by atoms with Crippen LogP contribution >= 0.6 is 0 Å². The van der Waals surface area contributed by atoms with E-state index in [2.05, 4.69) is 65.2 Å². The average Bonchev–Trinajstić information content (AvgIpc) is 1.99. The Morgan fingerprint density at radius 2 is 1.44 bits per heavy atom. The van der Waals surface area contributed by atoms with E-state index in [1.807, 2.05) is 84.6 Å². The van der Waals surface area contributed by atoms with E-state index in [0.717, 1.165) is 85.3 Å². The second kappa shape index (κ2) is 26.4. The molecule has 86 heavy (non-hydrogen) atoms. The summed E-state index contributed by atoms with van der Waals surface area (Å²) < 4.78 is 83.6. The number of fused-ring (bicyclic) bond motifs is 2. The Morgan fingerprint density at radius 1 is 0.733 bits per heavy atom. The van der Waals surface area contributed by atoms with Crippen LogP contribution in [0.2, 0.25) is 0 Å². The Kier molecular flexibility index (Phi) is 18.4. The number of esters is 1. The van der Waals surface area contributed by atoms with E-state index in [1.165, 1.54) is 12.7 Å². The molecule has 0 amide bonds. The van der Waals surface area contributed by atoms with Crippen molar-refractivity contribution in [2.75, 3.05) is 112 Å². The Hall–Kier alpha value is -7.89. The lowest BCUT2D eigenvalue weighted by Gasteiger charge is -2.34. The zero-order valence-electron chi connectivity index (χ0n) is 48.6. The number of rotatable bonds is 22. The molecule has 4 N–H and O–H groups in total. The molecule has 5 heterocycles. The molecule has 0 radical (unpaired) electrons. The van der Waals surface area contributed by atoms with Crippen LogP contribution in [0.5, 0.6) is 0 Å². The number of anilines is 5. The molecule has 8 aromatic rings. The van der Waals surface area contributed by atoms with Crippen molar-refractivity contribution in [1.82, 2.24) is 34.3 Å². The van der Waals surface area contributed by atoms with Crippen LogP contribution < -0.4 is 25.2 Å². The van der Waals surface area contributed by atoms with Crippen LogP contribution in [0.25, 0.3) is 44.1 Å². The van der Waals surface area contributed by atoms with Gasteiger partial charge >= 0.3 is 12.1 Å². The summed E-state index contributed by atoms with van der Waals surface area (Å²) in [5, 5.41) is 18.5. The Balaban J connectivity index is 0.705. The van der Waals surface area contributed by atoms with Crippen molar-refractivity contribution in [3.8, 4) is 22.3 Å². The lowest BCUT2D eigenvalue weighted by Crippen LogP contribution is -2.46. The summed E-state index contributed by atoms with van der Waals surface area (Å²) in [4.78, 5) is 41.7. The largest absolute Gasteiger partial charge is 0.467 e. The van der Waals surface area contributed by atoms with Gasteiger partial charge < -0.3 is 39.6 Å². The average molecular weight is 1200 g/mol. The standard InChI is InChI=1S/C64H73F3N12O6S/c1-75(2)56-16-8-15-52-51(56)14-9-17-57(52)86(82,83)74-47-13-7-12-46(38-47)53-39-70-63(72-59(53)78-30-26-50(58(78)61(81)84-3)44-10-5-4-6-11-44)69-29-36-85-37-35-76-31-33-77(34-32-76)41-43-18-20-45(21-19-43)55-42-79(48-22-24-49(80)25-23-48)60-54(55)40-71-62(73-60)68-28-27-64(65,66)67/h4-21,38-40,42,48-50,58,74,80H,22-37,41H2,1-3H3,(H,68,71,73)(H,69,70,72). The van der Waals surface area contributed by atoms with Gasteiger partial charge in [0.05, 0.1) is 37.7 Å². The second-order valence-corrected chi connectivity index (χ2v) is 24.2. The number of hydrogen-bond donors (Lipinski definition) is 4. The van der Waals surface area contributed by atoms with Gasteiger partial charge in [-0.05, 0) is 78.6 Å². The minimum Gasteiger partial charge on any atom is -0.467 e. The van der Waals surface area contributed by atoms with Gasteiger partial charge in [-0.1, -0.05) is 91.0 Å². The summed E-state index contributed by atoms with van der Waals surface area (Å²) in [6.07, 6.45) is 3.45. The number of carbonyl (C=O) groups excluding carboxylic acids is 1. The number of aliphatic hydroxyl groups excluding tert-OH is 1. The highest BCUT2D eigenvalue weighted by Gasteiger charge is 2.43. The number of carbonyl (C=O) groups is 1. The number of halogens is 3. The van der Waals surface area contributed by atoms with E-state index >= 15 is 0 Å². The predicted octanol–water partition coefficient (Wildman–Crippen LogP) is 10.2. The number of methoxy groups -OCH3 is 1. The van der Waals surface area contributed by atoms with Crippen LogP contribution in [0.15, 0.2) is 139 Å². The van der Waals surface area contributed by atoms with Gasteiger partial charge in [0.25, 0.3) is 10.0 Å². The lowest BCUT2D eigenvalue weighted by atomic mass is 9.91. The number of aliphatic hydroxyl groups is 1. The summed E-state index contributed by atoms with van der Waals surface area (Å²) in [6, 6.07) is 35.9. The molecule has 1 saturated carbocycles. The number of ether oxygens (including phenoxy) is 2. The van der Waals surface area contributed by atoms with Crippen molar-refractivity contribution in [3.05, 3.63) is 145 Å². The fraction of sp³-hybridized carbons (Fsp3) is 0.391. The quantitative estimate of drug-likeness (QED) is 0.0369. The van der Waals surface area contributed by atoms with Crippen molar-refractivity contribution in [3.63, 3.8) is 0 Å². The van der Waals surface area contributed by atoms with Crippen LogP contribution in [0.3, 0.4) is 0 Å². The highest BCUT2D eigenvalue weighted by atomic mass is 32.2. The predicted molar refractivity (Wildman–Crippen MR) is 330 cm³/mol. The maximum atomic E-state index is 14.2. The number of nitrogens with zero attached hydrogens (tertiary/aromatic N) is 9. The molecule has 11 rings (SSSR count). The van der Waals surface area contributed by atoms with Crippen molar-refractivity contribution in [2.45, 2.75) is 80.2 Å². The van der Waals surface area contributed by atoms with Gasteiger partial charge in [-0.25, -0.2) is 23.2 Å². The number of alkyl halides is 3. The number of piperazine rings is 1. The number of aromatic nitrogens is 5. The van der Waals surface area contributed by atoms with Gasteiger partial charge in [-0.3, -0.25) is 14.5 Å². The normalized spacial score (nSPS) is 18.8. The minimum absolute atomic E-state index is 0.106. The first-order valence-electron chi connectivity index (χ1n) is 29.4. The number of benzene rings is 5. The molecular weight excluding hydrogens is 1120 g/mol. The zero-order valence-corrected chi connectivity index (χ0v) is 49.4. The van der Waals surface area contributed by atoms with Crippen molar-refractivity contribution in [2.24, 2.45) is 0 Å². The maximum absolute atomic E-state index is 14.2. The Morgan fingerprint density at radius 3 is 2.20 bits per heavy atom. The summed E-state index contributed by atoms with van der Waals surface area (Å²) >= 11 is 0. The van der Waals surface area contributed by atoms with Gasteiger partial charge in [-0.2, -0.15) is 23.1 Å². The van der Waals surface area contributed by atoms with Gasteiger partial charge in [0.15, 0.2) is 0 Å². The molecule has 2 aliphatic heterocycles. The lowest BCUT2D eigenvalue weighted by molar-refractivity contribution is -0.142. The molecular formula is C64H73F3N12O6S. The first kappa shape index (κ1) is 59.8. The van der Waals surface area contributed by atoms with E-state index in [1.54, 1.807) is 42.7 Å². The van der Waals surface area contributed by atoms with Crippen molar-refractivity contribution >= 4 is 66.9 Å². The topological polar surface area (TPSA) is 195 Å². The van der Waals surface area contributed by atoms with Crippen LogP contribution in [0.4, 0.5) is 42.3 Å². The SMILES string of the molecule is COC(=O)C1C(c2ccccc2)CCN1c1nc(NCCOCCN2CCN(Cc3ccc(-c4cn(C5CCC(O)CC5)c5nc(NCCC(F)(F)F)ncc45)cc3)CC2)ncc1-c1cccc(NS(=O)(=O)c2cccc3c(N(C)C)cccc23)c1. The van der Waals surface area contributed by atoms with Crippen LogP contribution in [0, 0.1) is 0 Å². The van der Waals surface area contributed by atoms with Crippen molar-refractivity contribution < 1.29 is 41.0 Å². The first-order valence-corrected chi connectivity index (χ1v) is 30.9. The molecule has 3 aliphatic rings. The molecule has 2 saturated heterocycles. The summed E-state index contributed by atoms with van der Waals surface area (Å²) in [6.45, 7) is 6.75. The number of nitrogens with one attached hydrogen (secondary N) is 3. The second-order valence-electron chi connectivity index (χ2n) is 22.6. The molecule has 2 unspecified atom stereocenters. The van der Waals surface area contributed by atoms with Gasteiger partial charge in [-0.15, -0.1) is 0 Å². The third-order valence-electron chi connectivity index (χ3n) is 16.7. The molecule has 3 aromatic heterocycles. The molecule has 22 heteroatoms. The van der Waals surface area contributed by atoms with Crippen LogP contribution in [-0.4, -0.2) is 159 Å². The van der Waals surface area contributed by atoms with E-state index in [9.17, 15) is 31.5 Å². The molecule has 452 valence electrons. The summed E-state index contributed by atoms with van der Waals surface area (Å²) in [5.74, 6) is 0.449. The van der Waals surface area contributed by atoms with Gasteiger partial charge in [0.1, 0.15) is 17.5 Å². The van der Waals surface area contributed by atoms with Crippen molar-refractivity contribution in [1.29, 1.82) is 0 Å². The summed E-state index contributed by atoms with van der Waals surface area (Å²) in [5.41, 5.74) is 7.33. The fourth-order valence-electron chi connectivity index (χ4n) is 12.2. The monoisotopic (exact) mass is 1190 g/mol. The highest BCUT2D eigenvalue weighted by Crippen LogP contribution is 2.42. The molecule has 2 atom stereocenters.